The van der Waals surface area contributed by atoms with Gasteiger partial charge in [-0.1, -0.05) is 13.0 Å². The van der Waals surface area contributed by atoms with Crippen molar-refractivity contribution in [1.82, 2.24) is 4.90 Å². The van der Waals surface area contributed by atoms with E-state index in [4.69, 9.17) is 4.74 Å². The highest BCUT2D eigenvalue weighted by molar-refractivity contribution is 8.18. The standard InChI is InChI=1S/C24H32N2O4S/c1-8-30-22(28)16(5)25-21(27)20(31-23(25)29)12-17-9-10-19-18(11-17)15(4)13-24(6,7)26(19)14(2)3/h9-12,14-16H,8,13H2,1-7H3/b20-12+/t15-,16+/m1/s1. The van der Waals surface area contributed by atoms with Crippen LogP contribution >= 0.6 is 11.8 Å². The molecular weight excluding hydrogens is 412 g/mol. The van der Waals surface area contributed by atoms with Crippen LogP contribution in [0, 0.1) is 0 Å². The molecule has 0 aliphatic carbocycles. The van der Waals surface area contributed by atoms with E-state index in [0.29, 0.717) is 16.9 Å². The fourth-order valence-electron chi connectivity index (χ4n) is 4.87. The van der Waals surface area contributed by atoms with Crippen molar-refractivity contribution >= 4 is 40.6 Å². The Hall–Kier alpha value is -2.28. The highest BCUT2D eigenvalue weighted by atomic mass is 32.2. The molecular formula is C24H32N2O4S. The molecule has 2 heterocycles. The maximum absolute atomic E-state index is 12.9. The fourth-order valence-corrected chi connectivity index (χ4v) is 5.78. The van der Waals surface area contributed by atoms with E-state index in [1.54, 1.807) is 13.0 Å². The molecule has 31 heavy (non-hydrogen) atoms. The SMILES string of the molecule is CCOC(=O)[C@H](C)N1C(=O)S/C(=C/c2ccc3c(c2)[C@H](C)CC(C)(C)N3C(C)C)C1=O. The summed E-state index contributed by atoms with van der Waals surface area (Å²) in [6, 6.07) is 5.65. The Morgan fingerprint density at radius 2 is 1.97 bits per heavy atom. The van der Waals surface area contributed by atoms with Gasteiger partial charge in [0.1, 0.15) is 6.04 Å². The number of carbonyl (C=O) groups excluding carboxylic acids is 3. The molecule has 0 saturated carbocycles. The number of fused-ring (bicyclic) bond motifs is 1. The van der Waals surface area contributed by atoms with Gasteiger partial charge in [-0.2, -0.15) is 0 Å². The molecule has 0 spiro atoms. The first-order chi connectivity index (χ1) is 14.5. The Bertz CT molecular complexity index is 938. The van der Waals surface area contributed by atoms with Gasteiger partial charge in [0.2, 0.25) is 0 Å². The summed E-state index contributed by atoms with van der Waals surface area (Å²) in [5, 5.41) is -0.448. The van der Waals surface area contributed by atoms with Crippen molar-refractivity contribution in [3.63, 3.8) is 0 Å². The van der Waals surface area contributed by atoms with Gasteiger partial charge in [0.15, 0.2) is 0 Å². The Morgan fingerprint density at radius 3 is 2.58 bits per heavy atom. The maximum atomic E-state index is 12.9. The molecule has 2 aliphatic rings. The highest BCUT2D eigenvalue weighted by Gasteiger charge is 2.42. The van der Waals surface area contributed by atoms with Gasteiger partial charge in [0, 0.05) is 17.3 Å². The smallest absolute Gasteiger partial charge is 0.329 e. The molecule has 3 rings (SSSR count). The number of nitrogens with zero attached hydrogens (tertiary/aromatic N) is 2. The number of benzene rings is 1. The molecule has 0 bridgehead atoms. The summed E-state index contributed by atoms with van der Waals surface area (Å²) >= 11 is 0.864. The van der Waals surface area contributed by atoms with Crippen molar-refractivity contribution in [3.05, 3.63) is 34.2 Å². The summed E-state index contributed by atoms with van der Waals surface area (Å²) < 4.78 is 4.97. The number of carbonyl (C=O) groups is 3. The van der Waals surface area contributed by atoms with E-state index in [2.05, 4.69) is 51.7 Å². The summed E-state index contributed by atoms with van der Waals surface area (Å²) in [7, 11) is 0. The Balaban J connectivity index is 1.92. The number of amides is 2. The number of ether oxygens (including phenoxy) is 1. The van der Waals surface area contributed by atoms with Crippen LogP contribution in [-0.2, 0) is 14.3 Å². The topological polar surface area (TPSA) is 66.9 Å². The summed E-state index contributed by atoms with van der Waals surface area (Å²) in [4.78, 5) is 41.1. The molecule has 1 aromatic carbocycles. The average molecular weight is 445 g/mol. The quantitative estimate of drug-likeness (QED) is 0.461. The van der Waals surface area contributed by atoms with E-state index in [0.717, 1.165) is 28.6 Å². The second-order valence-corrected chi connectivity index (χ2v) is 10.2. The minimum absolute atomic E-state index is 0.0635. The van der Waals surface area contributed by atoms with Crippen LogP contribution in [0.5, 0.6) is 0 Å². The number of thioether (sulfide) groups is 1. The molecule has 2 amide bonds. The van der Waals surface area contributed by atoms with Crippen molar-refractivity contribution in [2.24, 2.45) is 0 Å². The number of esters is 1. The van der Waals surface area contributed by atoms with Crippen molar-refractivity contribution < 1.29 is 19.1 Å². The fraction of sp³-hybridized carbons (Fsp3) is 0.542. The molecule has 168 valence electrons. The van der Waals surface area contributed by atoms with E-state index < -0.39 is 23.2 Å². The lowest BCUT2D eigenvalue weighted by molar-refractivity contribution is -0.150. The third-order valence-corrected chi connectivity index (χ3v) is 6.84. The molecule has 1 fully saturated rings. The Morgan fingerprint density at radius 1 is 1.29 bits per heavy atom. The van der Waals surface area contributed by atoms with Crippen molar-refractivity contribution in [3.8, 4) is 0 Å². The van der Waals surface area contributed by atoms with Gasteiger partial charge in [0.05, 0.1) is 11.5 Å². The zero-order valence-electron chi connectivity index (χ0n) is 19.4. The molecule has 0 aromatic heterocycles. The predicted molar refractivity (Wildman–Crippen MR) is 125 cm³/mol. The van der Waals surface area contributed by atoms with Crippen LogP contribution in [0.1, 0.15) is 71.9 Å². The number of rotatable bonds is 5. The zero-order chi connectivity index (χ0) is 23.1. The third-order valence-electron chi connectivity index (χ3n) is 5.95. The second-order valence-electron chi connectivity index (χ2n) is 9.18. The van der Waals surface area contributed by atoms with Gasteiger partial charge in [-0.3, -0.25) is 14.5 Å². The average Bonchev–Trinajstić information content (AvgIpc) is 2.94. The van der Waals surface area contributed by atoms with Crippen LogP contribution in [0.3, 0.4) is 0 Å². The summed E-state index contributed by atoms with van der Waals surface area (Å²) in [6.07, 6.45) is 2.78. The number of hydrogen-bond donors (Lipinski definition) is 0. The van der Waals surface area contributed by atoms with Gasteiger partial charge in [-0.05, 0) is 95.0 Å². The van der Waals surface area contributed by atoms with Crippen molar-refractivity contribution in [2.45, 2.75) is 78.4 Å². The monoisotopic (exact) mass is 444 g/mol. The lowest BCUT2D eigenvalue weighted by Crippen LogP contribution is -2.51. The van der Waals surface area contributed by atoms with Crippen molar-refractivity contribution in [1.29, 1.82) is 0 Å². The molecule has 6 nitrogen and oxygen atoms in total. The molecule has 1 saturated heterocycles. The van der Waals surface area contributed by atoms with E-state index in [-0.39, 0.29) is 12.1 Å². The zero-order valence-corrected chi connectivity index (χ0v) is 20.2. The maximum Gasteiger partial charge on any atom is 0.329 e. The van der Waals surface area contributed by atoms with E-state index in [9.17, 15) is 14.4 Å². The lowest BCUT2D eigenvalue weighted by atomic mass is 9.79. The van der Waals surface area contributed by atoms with Gasteiger partial charge in [-0.15, -0.1) is 0 Å². The molecule has 0 unspecified atom stereocenters. The third kappa shape index (κ3) is 4.38. The first-order valence-corrected chi connectivity index (χ1v) is 11.7. The molecule has 2 atom stereocenters. The van der Waals surface area contributed by atoms with Crippen LogP contribution < -0.4 is 4.90 Å². The minimum atomic E-state index is -0.941. The molecule has 7 heteroatoms. The summed E-state index contributed by atoms with van der Waals surface area (Å²) in [6.45, 7) is 14.6. The van der Waals surface area contributed by atoms with Crippen LogP contribution in [0.15, 0.2) is 23.1 Å². The first kappa shape index (κ1) is 23.4. The first-order valence-electron chi connectivity index (χ1n) is 10.8. The van der Waals surface area contributed by atoms with Crippen LogP contribution in [0.25, 0.3) is 6.08 Å². The highest BCUT2D eigenvalue weighted by Crippen LogP contribution is 2.45. The normalized spacial score (nSPS) is 22.8. The minimum Gasteiger partial charge on any atom is -0.464 e. The Kier molecular flexibility index (Phi) is 6.56. The van der Waals surface area contributed by atoms with E-state index in [1.165, 1.54) is 18.2 Å². The number of anilines is 1. The largest absolute Gasteiger partial charge is 0.464 e. The van der Waals surface area contributed by atoms with Gasteiger partial charge >= 0.3 is 5.97 Å². The van der Waals surface area contributed by atoms with E-state index in [1.807, 2.05) is 6.07 Å². The number of imide groups is 1. The molecule has 0 radical (unpaired) electrons. The van der Waals surface area contributed by atoms with Crippen LogP contribution in [0.2, 0.25) is 0 Å². The second kappa shape index (κ2) is 8.69. The van der Waals surface area contributed by atoms with Crippen LogP contribution in [0.4, 0.5) is 10.5 Å². The van der Waals surface area contributed by atoms with E-state index >= 15 is 0 Å². The molecule has 1 aromatic rings. The van der Waals surface area contributed by atoms with Crippen LogP contribution in [-0.4, -0.2) is 46.2 Å². The lowest BCUT2D eigenvalue weighted by Gasteiger charge is -2.50. The van der Waals surface area contributed by atoms with Gasteiger partial charge in [-0.25, -0.2) is 4.79 Å². The van der Waals surface area contributed by atoms with Gasteiger partial charge in [0.25, 0.3) is 11.1 Å². The predicted octanol–water partition coefficient (Wildman–Crippen LogP) is 5.18. The van der Waals surface area contributed by atoms with Crippen molar-refractivity contribution in [2.75, 3.05) is 11.5 Å². The Labute approximate surface area is 189 Å². The molecule has 0 N–H and O–H groups in total. The number of hydrogen-bond acceptors (Lipinski definition) is 6. The summed E-state index contributed by atoms with van der Waals surface area (Å²) in [5.74, 6) is -0.649. The molecule has 2 aliphatic heterocycles. The van der Waals surface area contributed by atoms with Gasteiger partial charge < -0.3 is 9.64 Å². The summed E-state index contributed by atoms with van der Waals surface area (Å²) in [5.41, 5.74) is 3.41.